The van der Waals surface area contributed by atoms with Crippen molar-refractivity contribution in [1.82, 2.24) is 5.32 Å². The third-order valence-electron chi connectivity index (χ3n) is 4.39. The number of benzene rings is 1. The molecular weight excluding hydrogens is 318 g/mol. The van der Waals surface area contributed by atoms with Crippen LogP contribution in [0.2, 0.25) is 0 Å². The fourth-order valence-corrected chi connectivity index (χ4v) is 2.97. The highest BCUT2D eigenvalue weighted by molar-refractivity contribution is 5.99. The van der Waals surface area contributed by atoms with Crippen LogP contribution in [-0.2, 0) is 25.5 Å². The van der Waals surface area contributed by atoms with E-state index in [1.807, 2.05) is 6.07 Å². The van der Waals surface area contributed by atoms with Crippen LogP contribution >= 0.6 is 0 Å². The molecule has 1 aliphatic rings. The Labute approximate surface area is 149 Å². The summed E-state index contributed by atoms with van der Waals surface area (Å²) in [5, 5.41) is 2.56. The number of amides is 1. The van der Waals surface area contributed by atoms with Crippen LogP contribution in [0.25, 0.3) is 0 Å². The molecule has 0 aliphatic carbocycles. The lowest BCUT2D eigenvalue weighted by atomic mass is 10.0. The Bertz CT molecular complexity index is 570. The summed E-state index contributed by atoms with van der Waals surface area (Å²) in [6, 6.07) is 9.87. The number of rotatable bonds is 11. The number of Topliss-reactive ketones (excluding diaryl/α,β-unsaturated/α-hetero) is 1. The van der Waals surface area contributed by atoms with Gasteiger partial charge in [-0.3, -0.25) is 9.59 Å². The highest BCUT2D eigenvalue weighted by atomic mass is 16.5. The highest BCUT2D eigenvalue weighted by Crippen LogP contribution is 2.11. The maximum Gasteiger partial charge on any atom is 0.328 e. The molecule has 1 heterocycles. The van der Waals surface area contributed by atoms with Gasteiger partial charge >= 0.3 is 5.97 Å². The molecular formula is C20H27NO4. The predicted octanol–water partition coefficient (Wildman–Crippen LogP) is 2.96. The largest absolute Gasteiger partial charge is 0.464 e. The average Bonchev–Trinajstić information content (AvgIpc) is 2.99. The molecule has 2 rings (SSSR count). The first kappa shape index (κ1) is 19.2. The van der Waals surface area contributed by atoms with Crippen molar-refractivity contribution in [3.05, 3.63) is 35.9 Å². The quantitative estimate of drug-likeness (QED) is 0.380. The number of cyclic esters (lactones) is 1. The fourth-order valence-electron chi connectivity index (χ4n) is 2.97. The predicted molar refractivity (Wildman–Crippen MR) is 95.0 cm³/mol. The Morgan fingerprint density at radius 1 is 1.04 bits per heavy atom. The maximum atomic E-state index is 11.8. The normalized spacial score (nSPS) is 16.5. The monoisotopic (exact) mass is 345 g/mol. The van der Waals surface area contributed by atoms with Crippen LogP contribution in [0.4, 0.5) is 0 Å². The summed E-state index contributed by atoms with van der Waals surface area (Å²) in [5.74, 6) is -0.846. The SMILES string of the molecule is O=C(CCCCCCCc1ccccc1)CC(=O)NC1CCOC1=O. The Kier molecular flexibility index (Phi) is 8.16. The van der Waals surface area contributed by atoms with Gasteiger partial charge in [-0.2, -0.15) is 0 Å². The molecule has 1 aliphatic heterocycles. The zero-order valence-electron chi connectivity index (χ0n) is 14.7. The van der Waals surface area contributed by atoms with Gasteiger partial charge in [0.2, 0.25) is 5.91 Å². The molecule has 1 amide bonds. The second-order valence-corrected chi connectivity index (χ2v) is 6.55. The van der Waals surface area contributed by atoms with E-state index in [1.54, 1.807) is 0 Å². The van der Waals surface area contributed by atoms with Crippen LogP contribution in [-0.4, -0.2) is 30.3 Å². The van der Waals surface area contributed by atoms with Crippen LogP contribution < -0.4 is 5.32 Å². The van der Waals surface area contributed by atoms with Crippen LogP contribution in [0.5, 0.6) is 0 Å². The molecule has 5 nitrogen and oxygen atoms in total. The smallest absolute Gasteiger partial charge is 0.328 e. The summed E-state index contributed by atoms with van der Waals surface area (Å²) in [5.41, 5.74) is 1.37. The van der Waals surface area contributed by atoms with Crippen LogP contribution in [0.3, 0.4) is 0 Å². The van der Waals surface area contributed by atoms with E-state index in [0.717, 1.165) is 38.5 Å². The van der Waals surface area contributed by atoms with Crippen LogP contribution in [0.15, 0.2) is 30.3 Å². The highest BCUT2D eigenvalue weighted by Gasteiger charge is 2.28. The lowest BCUT2D eigenvalue weighted by Crippen LogP contribution is -2.38. The molecule has 1 saturated heterocycles. The zero-order chi connectivity index (χ0) is 17.9. The fraction of sp³-hybridized carbons (Fsp3) is 0.550. The summed E-state index contributed by atoms with van der Waals surface area (Å²) < 4.78 is 4.77. The molecule has 1 atom stereocenters. The standard InChI is InChI=1S/C20H27NO4/c22-17(15-19(23)21-18-13-14-25-20(18)24)12-8-3-1-2-5-9-16-10-6-4-7-11-16/h4,6-7,10-11,18H,1-3,5,8-9,12-15H2,(H,21,23). The molecule has 1 aromatic rings. The molecule has 0 saturated carbocycles. The van der Waals surface area contributed by atoms with E-state index in [-0.39, 0.29) is 18.1 Å². The number of hydrogen-bond acceptors (Lipinski definition) is 4. The van der Waals surface area contributed by atoms with Gasteiger partial charge in [-0.05, 0) is 24.8 Å². The van der Waals surface area contributed by atoms with Gasteiger partial charge in [0.15, 0.2) is 0 Å². The van der Waals surface area contributed by atoms with Crippen molar-refractivity contribution in [2.75, 3.05) is 6.61 Å². The van der Waals surface area contributed by atoms with Gasteiger partial charge in [0.1, 0.15) is 11.8 Å². The third kappa shape index (κ3) is 7.50. The first-order chi connectivity index (χ1) is 12.1. The average molecular weight is 345 g/mol. The van der Waals surface area contributed by atoms with Crippen molar-refractivity contribution in [2.24, 2.45) is 0 Å². The Hall–Kier alpha value is -2.17. The van der Waals surface area contributed by atoms with E-state index in [0.29, 0.717) is 19.4 Å². The van der Waals surface area contributed by atoms with Gasteiger partial charge in [-0.25, -0.2) is 4.79 Å². The van der Waals surface area contributed by atoms with Crippen LogP contribution in [0.1, 0.15) is 56.9 Å². The van der Waals surface area contributed by atoms with E-state index in [2.05, 4.69) is 29.6 Å². The van der Waals surface area contributed by atoms with Crippen LogP contribution in [0, 0.1) is 0 Å². The third-order valence-corrected chi connectivity index (χ3v) is 4.39. The minimum absolute atomic E-state index is 0.0619. The van der Waals surface area contributed by atoms with E-state index >= 15 is 0 Å². The molecule has 1 aromatic carbocycles. The second kappa shape index (κ2) is 10.6. The summed E-state index contributed by atoms with van der Waals surface area (Å²) in [7, 11) is 0. The molecule has 0 spiro atoms. The van der Waals surface area contributed by atoms with Gasteiger partial charge in [0, 0.05) is 12.8 Å². The molecule has 136 valence electrons. The van der Waals surface area contributed by atoms with E-state index in [4.69, 9.17) is 4.74 Å². The summed E-state index contributed by atoms with van der Waals surface area (Å²) in [4.78, 5) is 34.8. The molecule has 25 heavy (non-hydrogen) atoms. The molecule has 1 unspecified atom stereocenters. The Balaban J connectivity index is 1.46. The number of carbonyl (C=O) groups is 3. The molecule has 5 heteroatoms. The van der Waals surface area contributed by atoms with E-state index < -0.39 is 12.0 Å². The number of hydrogen-bond donors (Lipinski definition) is 1. The summed E-state index contributed by atoms with van der Waals surface area (Å²) in [6.07, 6.45) is 7.15. The number of aryl methyl sites for hydroxylation is 1. The topological polar surface area (TPSA) is 72.5 Å². The van der Waals surface area contributed by atoms with E-state index in [9.17, 15) is 14.4 Å². The lowest BCUT2D eigenvalue weighted by molar-refractivity contribution is -0.142. The molecule has 1 N–H and O–H groups in total. The molecule has 0 radical (unpaired) electrons. The molecule has 1 fully saturated rings. The number of ether oxygens (including phenoxy) is 1. The number of esters is 1. The minimum Gasteiger partial charge on any atom is -0.464 e. The van der Waals surface area contributed by atoms with Crippen molar-refractivity contribution in [3.8, 4) is 0 Å². The zero-order valence-corrected chi connectivity index (χ0v) is 14.7. The molecule has 0 aromatic heterocycles. The molecule has 0 bridgehead atoms. The van der Waals surface area contributed by atoms with Gasteiger partial charge in [-0.15, -0.1) is 0 Å². The van der Waals surface area contributed by atoms with Crippen molar-refractivity contribution in [1.29, 1.82) is 0 Å². The maximum absolute atomic E-state index is 11.8. The van der Waals surface area contributed by atoms with Gasteiger partial charge in [-0.1, -0.05) is 49.6 Å². The minimum atomic E-state index is -0.579. The van der Waals surface area contributed by atoms with Gasteiger partial charge in [0.05, 0.1) is 13.0 Å². The number of unbranched alkanes of at least 4 members (excludes halogenated alkanes) is 4. The number of ketones is 1. The van der Waals surface area contributed by atoms with Crippen molar-refractivity contribution < 1.29 is 19.1 Å². The van der Waals surface area contributed by atoms with Gasteiger partial charge in [0.25, 0.3) is 0 Å². The summed E-state index contributed by atoms with van der Waals surface area (Å²) >= 11 is 0. The van der Waals surface area contributed by atoms with Crippen molar-refractivity contribution in [2.45, 2.75) is 63.8 Å². The first-order valence-electron chi connectivity index (χ1n) is 9.17. The first-order valence-corrected chi connectivity index (χ1v) is 9.17. The van der Waals surface area contributed by atoms with Crippen molar-refractivity contribution >= 4 is 17.7 Å². The Morgan fingerprint density at radius 3 is 2.48 bits per heavy atom. The van der Waals surface area contributed by atoms with Gasteiger partial charge < -0.3 is 10.1 Å². The number of carbonyl (C=O) groups excluding carboxylic acids is 3. The second-order valence-electron chi connectivity index (χ2n) is 6.55. The van der Waals surface area contributed by atoms with E-state index in [1.165, 1.54) is 5.56 Å². The number of nitrogens with one attached hydrogen (secondary N) is 1. The summed E-state index contributed by atoms with van der Waals surface area (Å²) in [6.45, 7) is 0.335. The van der Waals surface area contributed by atoms with Crippen molar-refractivity contribution in [3.63, 3.8) is 0 Å². The Morgan fingerprint density at radius 2 is 1.76 bits per heavy atom. The lowest BCUT2D eigenvalue weighted by Gasteiger charge is -2.08.